The SMILES string of the molecule is C=C1C=C(C(=O)NCC(O)C(C)(C)O)SC(c2ccc(C(O)(C(F)(F)F)C(F)(F)F)c(Cl)c2Cl)=C1C(=O)N1C2CCC1CC2. The minimum atomic E-state index is -6.23. The molecule has 44 heavy (non-hydrogen) atoms. The molecule has 0 aliphatic carbocycles. The Balaban J connectivity index is 1.82. The first-order valence-corrected chi connectivity index (χ1v) is 14.9. The summed E-state index contributed by atoms with van der Waals surface area (Å²) in [4.78, 5) is 28.4. The lowest BCUT2D eigenvalue weighted by molar-refractivity contribution is -0.376. The van der Waals surface area contributed by atoms with E-state index < -0.39 is 57.1 Å². The van der Waals surface area contributed by atoms with Gasteiger partial charge in [0.15, 0.2) is 0 Å². The summed E-state index contributed by atoms with van der Waals surface area (Å²) >= 11 is 13.0. The highest BCUT2D eigenvalue weighted by atomic mass is 35.5. The molecule has 1 aromatic carbocycles. The van der Waals surface area contributed by atoms with Gasteiger partial charge in [-0.3, -0.25) is 9.59 Å². The van der Waals surface area contributed by atoms with Crippen molar-refractivity contribution in [1.82, 2.24) is 10.2 Å². The predicted molar refractivity (Wildman–Crippen MR) is 152 cm³/mol. The number of nitrogens with one attached hydrogen (secondary N) is 1. The van der Waals surface area contributed by atoms with Gasteiger partial charge in [0.05, 0.1) is 32.2 Å². The van der Waals surface area contributed by atoms with Crippen molar-refractivity contribution in [3.63, 3.8) is 0 Å². The molecule has 4 N–H and O–H groups in total. The Morgan fingerprint density at radius 2 is 1.55 bits per heavy atom. The van der Waals surface area contributed by atoms with Gasteiger partial charge in [-0.2, -0.15) is 26.3 Å². The number of fused-ring (bicyclic) bond motifs is 2. The maximum atomic E-state index is 13.9. The van der Waals surface area contributed by atoms with E-state index >= 15 is 0 Å². The fraction of sp³-hybridized carbons (Fsp3) is 0.500. The van der Waals surface area contributed by atoms with Crippen molar-refractivity contribution >= 4 is 51.7 Å². The molecule has 2 bridgehead atoms. The molecule has 2 amide bonds. The van der Waals surface area contributed by atoms with Crippen molar-refractivity contribution in [1.29, 1.82) is 0 Å². The highest BCUT2D eigenvalue weighted by Gasteiger charge is 2.72. The van der Waals surface area contributed by atoms with E-state index in [2.05, 4.69) is 11.9 Å². The lowest BCUT2D eigenvalue weighted by Crippen LogP contribution is -2.54. The summed E-state index contributed by atoms with van der Waals surface area (Å²) in [5, 5.41) is 30.3. The van der Waals surface area contributed by atoms with Crippen LogP contribution in [0.2, 0.25) is 10.0 Å². The summed E-state index contributed by atoms with van der Waals surface area (Å²) in [6.45, 7) is 6.15. The minimum absolute atomic E-state index is 0.0154. The quantitative estimate of drug-likeness (QED) is 0.278. The van der Waals surface area contributed by atoms with Gasteiger partial charge in [0.25, 0.3) is 17.4 Å². The summed E-state index contributed by atoms with van der Waals surface area (Å²) in [5.41, 5.74) is -9.03. The Hall–Kier alpha value is -2.23. The molecule has 242 valence electrons. The lowest BCUT2D eigenvalue weighted by Gasteiger charge is -2.34. The summed E-state index contributed by atoms with van der Waals surface area (Å²) in [6.07, 6.45) is -9.55. The van der Waals surface area contributed by atoms with Crippen molar-refractivity contribution in [2.75, 3.05) is 6.54 Å². The first-order chi connectivity index (χ1) is 20.1. The number of alkyl halides is 6. The fourth-order valence-electron chi connectivity index (χ4n) is 5.47. The van der Waals surface area contributed by atoms with Gasteiger partial charge in [-0.05, 0) is 51.2 Å². The number of halogens is 8. The molecule has 3 heterocycles. The predicted octanol–water partition coefficient (Wildman–Crippen LogP) is 5.61. The van der Waals surface area contributed by atoms with Crippen LogP contribution < -0.4 is 5.32 Å². The second-order valence-corrected chi connectivity index (χ2v) is 13.2. The van der Waals surface area contributed by atoms with Crippen LogP contribution in [-0.4, -0.2) is 74.7 Å². The van der Waals surface area contributed by atoms with Crippen LogP contribution in [0.25, 0.3) is 4.91 Å². The van der Waals surface area contributed by atoms with Gasteiger partial charge in [-0.1, -0.05) is 53.7 Å². The van der Waals surface area contributed by atoms with E-state index in [-0.39, 0.29) is 45.1 Å². The molecular weight excluding hydrogens is 661 g/mol. The van der Waals surface area contributed by atoms with E-state index in [9.17, 15) is 51.3 Å². The van der Waals surface area contributed by atoms with Crippen LogP contribution >= 0.6 is 35.0 Å². The number of benzene rings is 1. The van der Waals surface area contributed by atoms with Gasteiger partial charge in [0, 0.05) is 34.7 Å². The van der Waals surface area contributed by atoms with Crippen LogP contribution in [0, 0.1) is 0 Å². The Labute approximate surface area is 262 Å². The summed E-state index contributed by atoms with van der Waals surface area (Å²) in [7, 11) is 0. The summed E-state index contributed by atoms with van der Waals surface area (Å²) in [5.74, 6) is -1.29. The number of aliphatic hydroxyl groups excluding tert-OH is 1. The summed E-state index contributed by atoms with van der Waals surface area (Å²) in [6, 6.07) is 0.921. The van der Waals surface area contributed by atoms with E-state index in [4.69, 9.17) is 23.2 Å². The molecule has 0 saturated carbocycles. The van der Waals surface area contributed by atoms with Gasteiger partial charge in [0.2, 0.25) is 0 Å². The van der Waals surface area contributed by atoms with Crippen molar-refractivity contribution in [3.05, 3.63) is 62.0 Å². The van der Waals surface area contributed by atoms with Crippen molar-refractivity contribution < 1.29 is 51.3 Å². The standard InChI is InChI=1S/C28H28Cl2F6N2O5S/c1-12-10-17(23(40)37-11-18(39)25(2,3)42)44-22(19(12)24(41)38-13-4-5-14(38)7-6-13)15-8-9-16(21(30)20(15)29)26(43,27(31,32)33)28(34,35)36/h8-10,13-14,18,39,42-43H,1,4-7,11H2,2-3H3,(H,37,40). The van der Waals surface area contributed by atoms with E-state index in [1.165, 1.54) is 19.9 Å². The second-order valence-electron chi connectivity index (χ2n) is 11.4. The smallest absolute Gasteiger partial charge is 0.388 e. The molecule has 2 fully saturated rings. The number of allylic oxidation sites excluding steroid dienone is 1. The molecule has 1 atom stereocenters. The van der Waals surface area contributed by atoms with Crippen LogP contribution in [-0.2, 0) is 15.2 Å². The average molecular weight is 690 g/mol. The number of carbonyl (C=O) groups is 2. The number of hydrogen-bond acceptors (Lipinski definition) is 6. The van der Waals surface area contributed by atoms with Gasteiger partial charge in [-0.25, -0.2) is 0 Å². The Kier molecular flexibility index (Phi) is 9.33. The zero-order valence-electron chi connectivity index (χ0n) is 23.2. The minimum Gasteiger partial charge on any atom is -0.388 e. The molecular formula is C28H28Cl2F6N2O5S. The normalized spacial score (nSPS) is 22.0. The highest BCUT2D eigenvalue weighted by molar-refractivity contribution is 8.12. The van der Waals surface area contributed by atoms with Crippen LogP contribution in [0.15, 0.2) is 40.8 Å². The van der Waals surface area contributed by atoms with E-state index in [0.717, 1.165) is 31.7 Å². The largest absolute Gasteiger partial charge is 0.430 e. The third-order valence-corrected chi connectivity index (χ3v) is 10.0. The number of rotatable bonds is 7. The molecule has 0 spiro atoms. The van der Waals surface area contributed by atoms with Gasteiger partial charge in [0.1, 0.15) is 0 Å². The maximum absolute atomic E-state index is 13.9. The van der Waals surface area contributed by atoms with E-state index in [0.29, 0.717) is 17.8 Å². The molecule has 4 rings (SSSR count). The number of aliphatic hydroxyl groups is 3. The van der Waals surface area contributed by atoms with Crippen LogP contribution in [0.1, 0.15) is 50.7 Å². The molecule has 0 radical (unpaired) electrons. The third-order valence-electron chi connectivity index (χ3n) is 8.00. The molecule has 1 unspecified atom stereocenters. The third kappa shape index (κ3) is 6.01. The second kappa shape index (κ2) is 11.8. The number of amides is 2. The van der Waals surface area contributed by atoms with Crippen molar-refractivity contribution in [3.8, 4) is 0 Å². The fourth-order valence-corrected chi connectivity index (χ4v) is 7.28. The first kappa shape index (κ1) is 34.6. The monoisotopic (exact) mass is 688 g/mol. The molecule has 16 heteroatoms. The van der Waals surface area contributed by atoms with E-state index in [1.54, 1.807) is 4.90 Å². The number of nitrogens with zero attached hydrogens (tertiary/aromatic N) is 1. The maximum Gasteiger partial charge on any atom is 0.430 e. The zero-order chi connectivity index (χ0) is 33.2. The highest BCUT2D eigenvalue weighted by Crippen LogP contribution is 2.55. The first-order valence-electron chi connectivity index (χ1n) is 13.3. The number of carbonyl (C=O) groups excluding carboxylic acids is 2. The Bertz CT molecular complexity index is 1420. The van der Waals surface area contributed by atoms with Gasteiger partial charge >= 0.3 is 12.4 Å². The molecule has 3 aliphatic heterocycles. The molecule has 7 nitrogen and oxygen atoms in total. The Morgan fingerprint density at radius 1 is 1.02 bits per heavy atom. The topological polar surface area (TPSA) is 110 Å². The molecule has 3 aliphatic rings. The number of thioether (sulfide) groups is 1. The zero-order valence-corrected chi connectivity index (χ0v) is 25.6. The van der Waals surface area contributed by atoms with Gasteiger partial charge < -0.3 is 25.5 Å². The number of hydrogen-bond donors (Lipinski definition) is 4. The van der Waals surface area contributed by atoms with Crippen molar-refractivity contribution in [2.45, 2.75) is 81.3 Å². The van der Waals surface area contributed by atoms with E-state index in [1.807, 2.05) is 0 Å². The molecule has 0 aromatic heterocycles. The average Bonchev–Trinajstić information content (AvgIpc) is 3.51. The lowest BCUT2D eigenvalue weighted by atomic mass is 9.90. The molecule has 2 saturated heterocycles. The van der Waals surface area contributed by atoms with Gasteiger partial charge in [-0.15, -0.1) is 0 Å². The van der Waals surface area contributed by atoms with Crippen LogP contribution in [0.4, 0.5) is 26.3 Å². The summed E-state index contributed by atoms with van der Waals surface area (Å²) < 4.78 is 81.8. The van der Waals surface area contributed by atoms with Crippen LogP contribution in [0.3, 0.4) is 0 Å². The van der Waals surface area contributed by atoms with Crippen LogP contribution in [0.5, 0.6) is 0 Å². The van der Waals surface area contributed by atoms with Crippen molar-refractivity contribution in [2.24, 2.45) is 0 Å². The molecule has 1 aromatic rings. The Morgan fingerprint density at radius 3 is 2.02 bits per heavy atom.